The van der Waals surface area contributed by atoms with Gasteiger partial charge in [0, 0.05) is 19.1 Å². The predicted octanol–water partition coefficient (Wildman–Crippen LogP) is 3.44. The first-order chi connectivity index (χ1) is 14.6. The van der Waals surface area contributed by atoms with E-state index in [0.717, 1.165) is 50.1 Å². The van der Waals surface area contributed by atoms with Crippen LogP contribution in [0, 0.1) is 5.82 Å². The van der Waals surface area contributed by atoms with Gasteiger partial charge in [-0.1, -0.05) is 12.8 Å². The molecule has 0 bridgehead atoms. The molecule has 168 valence electrons. The Hall–Kier alpha value is -2.95. The fourth-order valence-corrected chi connectivity index (χ4v) is 3.85. The van der Waals surface area contributed by atoms with Crippen molar-refractivity contribution < 1.29 is 22.4 Å². The Labute approximate surface area is 177 Å². The number of aromatic nitrogens is 2. The van der Waals surface area contributed by atoms with Crippen LogP contribution in [0.5, 0.6) is 0 Å². The van der Waals surface area contributed by atoms with Crippen LogP contribution < -0.4 is 21.3 Å². The highest BCUT2D eigenvalue weighted by molar-refractivity contribution is 5.98. The van der Waals surface area contributed by atoms with Crippen LogP contribution in [0.15, 0.2) is 24.4 Å². The third-order valence-corrected chi connectivity index (χ3v) is 5.47. The van der Waals surface area contributed by atoms with Gasteiger partial charge in [-0.3, -0.25) is 4.79 Å². The third kappa shape index (κ3) is 5.04. The number of nitrogens with one attached hydrogen (secondary N) is 2. The van der Waals surface area contributed by atoms with E-state index in [4.69, 9.17) is 5.73 Å². The number of carbonyl (C=O) groups excluding carboxylic acids is 1. The molecule has 2 atom stereocenters. The summed E-state index contributed by atoms with van der Waals surface area (Å²) in [5.74, 6) is -1.68. The summed E-state index contributed by atoms with van der Waals surface area (Å²) in [6.07, 6.45) is 0.225. The molecule has 2 aromatic rings. The molecule has 1 saturated carbocycles. The fourth-order valence-electron chi connectivity index (χ4n) is 3.85. The molecule has 1 amide bonds. The number of rotatable bonds is 6. The molecule has 0 aliphatic heterocycles. The van der Waals surface area contributed by atoms with Crippen molar-refractivity contribution in [2.24, 2.45) is 5.73 Å². The third-order valence-electron chi connectivity index (χ3n) is 5.47. The lowest BCUT2D eigenvalue weighted by Crippen LogP contribution is -2.50. The fraction of sp³-hybridized carbons (Fsp3) is 0.450. The largest absolute Gasteiger partial charge is 0.433 e. The summed E-state index contributed by atoms with van der Waals surface area (Å²) < 4.78 is 53.0. The van der Waals surface area contributed by atoms with Crippen LogP contribution >= 0.6 is 0 Å². The lowest BCUT2D eigenvalue weighted by atomic mass is 9.89. The summed E-state index contributed by atoms with van der Waals surface area (Å²) >= 11 is 0. The Morgan fingerprint density at radius 1 is 1.26 bits per heavy atom. The van der Waals surface area contributed by atoms with Gasteiger partial charge in [0.2, 0.25) is 0 Å². The van der Waals surface area contributed by atoms with Gasteiger partial charge in [0.1, 0.15) is 11.5 Å². The number of hydrogen-bond acceptors (Lipinski definition) is 6. The smallest absolute Gasteiger partial charge is 0.365 e. The number of carbonyl (C=O) groups is 1. The molecule has 11 heteroatoms. The second-order valence-corrected chi connectivity index (χ2v) is 7.47. The summed E-state index contributed by atoms with van der Waals surface area (Å²) in [6.45, 7) is 0. The van der Waals surface area contributed by atoms with Crippen LogP contribution in [0.1, 0.15) is 41.7 Å². The SMILES string of the molecule is CNC1CCCCC1N(C)c1nc(Nc2ccc(C(F)(F)F)nc2)c(C(N)=O)cc1F. The minimum atomic E-state index is -4.58. The van der Waals surface area contributed by atoms with Crippen LogP contribution in [0.4, 0.5) is 34.9 Å². The monoisotopic (exact) mass is 440 g/mol. The second-order valence-electron chi connectivity index (χ2n) is 7.47. The highest BCUT2D eigenvalue weighted by atomic mass is 19.4. The summed E-state index contributed by atoms with van der Waals surface area (Å²) in [7, 11) is 3.57. The van der Waals surface area contributed by atoms with Gasteiger partial charge in [-0.15, -0.1) is 0 Å². The zero-order valence-electron chi connectivity index (χ0n) is 17.1. The van der Waals surface area contributed by atoms with Crippen molar-refractivity contribution in [2.75, 3.05) is 24.3 Å². The predicted molar refractivity (Wildman–Crippen MR) is 109 cm³/mol. The van der Waals surface area contributed by atoms with E-state index >= 15 is 0 Å². The molecule has 0 aromatic carbocycles. The Bertz CT molecular complexity index is 935. The van der Waals surface area contributed by atoms with Gasteiger partial charge < -0.3 is 21.3 Å². The standard InChI is InChI=1S/C20H24F4N6O/c1-26-14-5-3-4-6-15(14)30(2)19-13(21)9-12(17(25)31)18(29-19)28-11-7-8-16(27-10-11)20(22,23)24/h7-10,14-15,26H,3-6H2,1-2H3,(H2,25,31)(H,28,29). The van der Waals surface area contributed by atoms with Gasteiger partial charge in [0.15, 0.2) is 11.6 Å². The van der Waals surface area contributed by atoms with E-state index in [1.165, 1.54) is 0 Å². The Balaban J connectivity index is 1.95. The highest BCUT2D eigenvalue weighted by Crippen LogP contribution is 2.31. The van der Waals surface area contributed by atoms with Gasteiger partial charge >= 0.3 is 6.18 Å². The Kier molecular flexibility index (Phi) is 6.63. The minimum Gasteiger partial charge on any atom is -0.365 e. The first-order valence-corrected chi connectivity index (χ1v) is 9.82. The van der Waals surface area contributed by atoms with E-state index in [1.807, 2.05) is 7.05 Å². The van der Waals surface area contributed by atoms with Crippen molar-refractivity contribution in [3.8, 4) is 0 Å². The first kappa shape index (κ1) is 22.7. The molecule has 1 aliphatic carbocycles. The maximum Gasteiger partial charge on any atom is 0.433 e. The van der Waals surface area contributed by atoms with Crippen molar-refractivity contribution in [1.29, 1.82) is 0 Å². The molecular weight excluding hydrogens is 416 g/mol. The number of anilines is 3. The van der Waals surface area contributed by atoms with Crippen LogP contribution in [-0.4, -0.2) is 42.1 Å². The topological polar surface area (TPSA) is 96.2 Å². The molecule has 1 fully saturated rings. The summed E-state index contributed by atoms with van der Waals surface area (Å²) in [5.41, 5.74) is 4.23. The van der Waals surface area contributed by atoms with Crippen molar-refractivity contribution in [3.63, 3.8) is 0 Å². The molecule has 3 rings (SSSR count). The highest BCUT2D eigenvalue weighted by Gasteiger charge is 2.32. The average Bonchev–Trinajstić information content (AvgIpc) is 2.73. The number of halogens is 4. The Morgan fingerprint density at radius 3 is 2.55 bits per heavy atom. The molecule has 0 saturated heterocycles. The summed E-state index contributed by atoms with van der Waals surface area (Å²) in [5, 5.41) is 5.98. The maximum atomic E-state index is 14.9. The number of nitrogens with two attached hydrogens (primary N) is 1. The molecule has 31 heavy (non-hydrogen) atoms. The number of pyridine rings is 2. The zero-order valence-corrected chi connectivity index (χ0v) is 17.1. The molecule has 4 N–H and O–H groups in total. The number of primary amides is 1. The molecule has 0 radical (unpaired) electrons. The van der Waals surface area contributed by atoms with Crippen molar-refractivity contribution in [1.82, 2.24) is 15.3 Å². The second kappa shape index (κ2) is 9.04. The first-order valence-electron chi connectivity index (χ1n) is 9.82. The number of likely N-dealkylation sites (N-methyl/N-ethyl adjacent to an activating group) is 2. The normalized spacial score (nSPS) is 19.2. The molecule has 7 nitrogen and oxygen atoms in total. The van der Waals surface area contributed by atoms with E-state index in [-0.39, 0.29) is 35.0 Å². The van der Waals surface area contributed by atoms with Gasteiger partial charge in [-0.05, 0) is 38.1 Å². The maximum absolute atomic E-state index is 14.9. The molecule has 2 unspecified atom stereocenters. The lowest BCUT2D eigenvalue weighted by Gasteiger charge is -2.38. The average molecular weight is 440 g/mol. The van der Waals surface area contributed by atoms with Crippen LogP contribution in [-0.2, 0) is 6.18 Å². The van der Waals surface area contributed by atoms with Crippen LogP contribution in [0.3, 0.4) is 0 Å². The van der Waals surface area contributed by atoms with Gasteiger partial charge in [0.25, 0.3) is 5.91 Å². The summed E-state index contributed by atoms with van der Waals surface area (Å²) in [4.78, 5) is 21.2. The number of nitrogens with zero attached hydrogens (tertiary/aromatic N) is 3. The van der Waals surface area contributed by atoms with E-state index in [2.05, 4.69) is 20.6 Å². The minimum absolute atomic E-state index is 0.0132. The van der Waals surface area contributed by atoms with Gasteiger partial charge in [0.05, 0.1) is 17.4 Å². The van der Waals surface area contributed by atoms with Gasteiger partial charge in [-0.2, -0.15) is 13.2 Å². The Morgan fingerprint density at radius 2 is 1.97 bits per heavy atom. The molecule has 1 aliphatic rings. The van der Waals surface area contributed by atoms with Gasteiger partial charge in [-0.25, -0.2) is 14.4 Å². The van der Waals surface area contributed by atoms with E-state index in [9.17, 15) is 22.4 Å². The summed E-state index contributed by atoms with van der Waals surface area (Å²) in [6, 6.07) is 3.06. The number of hydrogen-bond donors (Lipinski definition) is 3. The van der Waals surface area contributed by atoms with E-state index < -0.39 is 23.6 Å². The van der Waals surface area contributed by atoms with Crippen molar-refractivity contribution in [3.05, 3.63) is 41.5 Å². The molecule has 0 spiro atoms. The zero-order chi connectivity index (χ0) is 22.8. The number of amides is 1. The van der Waals surface area contributed by atoms with Crippen LogP contribution in [0.2, 0.25) is 0 Å². The van der Waals surface area contributed by atoms with Crippen LogP contribution in [0.25, 0.3) is 0 Å². The molecule has 2 aromatic heterocycles. The molecule has 2 heterocycles. The molecular formula is C20H24F4N6O. The van der Waals surface area contributed by atoms with Crippen molar-refractivity contribution >= 4 is 23.2 Å². The van der Waals surface area contributed by atoms with Crippen molar-refractivity contribution in [2.45, 2.75) is 43.9 Å². The number of alkyl halides is 3. The lowest BCUT2D eigenvalue weighted by molar-refractivity contribution is -0.141. The van der Waals surface area contributed by atoms with E-state index in [1.54, 1.807) is 11.9 Å². The quantitative estimate of drug-likeness (QED) is 0.596. The van der Waals surface area contributed by atoms with E-state index in [0.29, 0.717) is 0 Å².